The predicted octanol–water partition coefficient (Wildman–Crippen LogP) is 2.57. The molecule has 1 aromatic rings. The lowest BCUT2D eigenvalue weighted by atomic mass is 9.98. The maximum atomic E-state index is 13.3. The fraction of sp³-hybridized carbons (Fsp3) is 0.533. The van der Waals surface area contributed by atoms with Crippen LogP contribution in [0.2, 0.25) is 0 Å². The second-order valence-corrected chi connectivity index (χ2v) is 5.75. The lowest BCUT2D eigenvalue weighted by Crippen LogP contribution is -2.31. The monoisotopic (exact) mass is 262 g/mol. The topological polar surface area (TPSA) is 55.1 Å². The first kappa shape index (κ1) is 12.5. The third-order valence-electron chi connectivity index (χ3n) is 4.25. The van der Waals surface area contributed by atoms with Gasteiger partial charge in [-0.2, -0.15) is 0 Å². The van der Waals surface area contributed by atoms with Crippen molar-refractivity contribution in [1.29, 1.82) is 0 Å². The van der Waals surface area contributed by atoms with Gasteiger partial charge in [0.15, 0.2) is 0 Å². The Balaban J connectivity index is 1.62. The molecule has 0 bridgehead atoms. The van der Waals surface area contributed by atoms with Crippen LogP contribution in [-0.2, 0) is 0 Å². The number of hydrogen-bond acceptors (Lipinski definition) is 2. The number of nitrogens with two attached hydrogens (primary N) is 1. The third kappa shape index (κ3) is 2.72. The van der Waals surface area contributed by atoms with Gasteiger partial charge in [0.2, 0.25) is 0 Å². The summed E-state index contributed by atoms with van der Waals surface area (Å²) in [5.41, 5.74) is 5.78. The molecule has 2 aliphatic rings. The molecule has 3 rings (SSSR count). The van der Waals surface area contributed by atoms with Crippen LogP contribution in [0.4, 0.5) is 10.1 Å². The molecule has 0 aliphatic heterocycles. The Labute approximate surface area is 112 Å². The van der Waals surface area contributed by atoms with E-state index in [-0.39, 0.29) is 17.2 Å². The molecule has 3 N–H and O–H groups in total. The molecular weight excluding hydrogens is 243 g/mol. The molecule has 2 fully saturated rings. The molecule has 3 nitrogen and oxygen atoms in total. The minimum Gasteiger partial charge on any atom is -0.396 e. The molecule has 0 aromatic heterocycles. The van der Waals surface area contributed by atoms with Gasteiger partial charge in [0.25, 0.3) is 5.91 Å². The largest absolute Gasteiger partial charge is 0.396 e. The molecule has 0 unspecified atom stereocenters. The number of amides is 1. The van der Waals surface area contributed by atoms with E-state index in [9.17, 15) is 9.18 Å². The van der Waals surface area contributed by atoms with E-state index in [1.165, 1.54) is 37.8 Å². The number of anilines is 1. The molecule has 102 valence electrons. The van der Waals surface area contributed by atoms with E-state index in [1.54, 1.807) is 6.07 Å². The van der Waals surface area contributed by atoms with Crippen molar-refractivity contribution in [3.8, 4) is 0 Å². The Kier molecular flexibility index (Phi) is 3.17. The van der Waals surface area contributed by atoms with Crippen molar-refractivity contribution in [2.24, 2.45) is 17.8 Å². The van der Waals surface area contributed by atoms with Crippen LogP contribution in [0.15, 0.2) is 18.2 Å². The summed E-state index contributed by atoms with van der Waals surface area (Å²) >= 11 is 0. The van der Waals surface area contributed by atoms with Gasteiger partial charge >= 0.3 is 0 Å². The average Bonchev–Trinajstić information content (AvgIpc) is 3.26. The lowest BCUT2D eigenvalue weighted by Gasteiger charge is -2.16. The quantitative estimate of drug-likeness (QED) is 0.801. The van der Waals surface area contributed by atoms with Gasteiger partial charge in [-0.15, -0.1) is 0 Å². The van der Waals surface area contributed by atoms with E-state index >= 15 is 0 Å². The van der Waals surface area contributed by atoms with Gasteiger partial charge < -0.3 is 11.1 Å². The highest BCUT2D eigenvalue weighted by molar-refractivity contribution is 5.99. The maximum absolute atomic E-state index is 13.3. The van der Waals surface area contributed by atoms with Crippen molar-refractivity contribution in [1.82, 2.24) is 5.32 Å². The Bertz CT molecular complexity index is 483. The number of para-hydroxylation sites is 1. The molecule has 0 spiro atoms. The van der Waals surface area contributed by atoms with Crippen LogP contribution in [-0.4, -0.2) is 12.5 Å². The summed E-state index contributed by atoms with van der Waals surface area (Å²) in [6, 6.07) is 4.35. The van der Waals surface area contributed by atoms with Crippen LogP contribution >= 0.6 is 0 Å². The van der Waals surface area contributed by atoms with E-state index in [1.807, 2.05) is 0 Å². The van der Waals surface area contributed by atoms with Crippen LogP contribution in [0, 0.1) is 23.6 Å². The van der Waals surface area contributed by atoms with Gasteiger partial charge in [0.1, 0.15) is 5.82 Å². The zero-order valence-electron chi connectivity index (χ0n) is 10.9. The van der Waals surface area contributed by atoms with E-state index in [0.717, 1.165) is 11.8 Å². The van der Waals surface area contributed by atoms with E-state index in [4.69, 9.17) is 5.73 Å². The number of hydrogen-bond donors (Lipinski definition) is 2. The summed E-state index contributed by atoms with van der Waals surface area (Å²) in [5.74, 6) is 1.39. The van der Waals surface area contributed by atoms with Gasteiger partial charge in [0, 0.05) is 6.54 Å². The van der Waals surface area contributed by atoms with Crippen molar-refractivity contribution in [3.63, 3.8) is 0 Å². The minimum absolute atomic E-state index is 0.0607. The number of nitrogens with one attached hydrogen (secondary N) is 1. The summed E-state index contributed by atoms with van der Waals surface area (Å²) in [7, 11) is 0. The summed E-state index contributed by atoms with van der Waals surface area (Å²) in [6.07, 6.45) is 5.16. The fourth-order valence-electron chi connectivity index (χ4n) is 2.81. The van der Waals surface area contributed by atoms with Crippen LogP contribution < -0.4 is 11.1 Å². The van der Waals surface area contributed by atoms with Crippen molar-refractivity contribution >= 4 is 11.6 Å². The predicted molar refractivity (Wildman–Crippen MR) is 72.1 cm³/mol. The summed E-state index contributed by atoms with van der Waals surface area (Å²) in [5, 5.41) is 2.92. The highest BCUT2D eigenvalue weighted by Crippen LogP contribution is 2.48. The first-order chi connectivity index (χ1) is 9.16. The smallest absolute Gasteiger partial charge is 0.253 e. The molecule has 1 amide bonds. The highest BCUT2D eigenvalue weighted by Gasteiger charge is 2.41. The molecular formula is C15H19FN2O. The van der Waals surface area contributed by atoms with Gasteiger partial charge in [-0.05, 0) is 55.6 Å². The Morgan fingerprint density at radius 3 is 2.53 bits per heavy atom. The van der Waals surface area contributed by atoms with Gasteiger partial charge in [-0.3, -0.25) is 4.79 Å². The summed E-state index contributed by atoms with van der Waals surface area (Å²) < 4.78 is 13.3. The van der Waals surface area contributed by atoms with Crippen molar-refractivity contribution in [3.05, 3.63) is 29.6 Å². The summed E-state index contributed by atoms with van der Waals surface area (Å²) in [6.45, 7) is 0.699. The Hall–Kier alpha value is -1.58. The molecule has 4 heteroatoms. The van der Waals surface area contributed by atoms with Gasteiger partial charge in [0.05, 0.1) is 11.3 Å². The standard InChI is InChI=1S/C15H19FN2O/c16-13-3-1-2-11(14(13)17)15(19)18-8-12(9-4-5-9)10-6-7-10/h1-3,9-10,12H,4-8,17H2,(H,18,19). The van der Waals surface area contributed by atoms with Crippen LogP contribution in [0.3, 0.4) is 0 Å². The molecule has 19 heavy (non-hydrogen) atoms. The lowest BCUT2D eigenvalue weighted by molar-refractivity contribution is 0.0944. The van der Waals surface area contributed by atoms with Crippen molar-refractivity contribution < 1.29 is 9.18 Å². The number of carbonyl (C=O) groups is 1. The number of carbonyl (C=O) groups excluding carboxylic acids is 1. The fourth-order valence-corrected chi connectivity index (χ4v) is 2.81. The number of benzene rings is 1. The van der Waals surface area contributed by atoms with Crippen LogP contribution in [0.25, 0.3) is 0 Å². The molecule has 0 atom stereocenters. The van der Waals surface area contributed by atoms with Crippen molar-refractivity contribution in [2.75, 3.05) is 12.3 Å². The zero-order valence-corrected chi connectivity index (χ0v) is 10.9. The molecule has 0 saturated heterocycles. The average molecular weight is 262 g/mol. The van der Waals surface area contributed by atoms with Gasteiger partial charge in [-0.25, -0.2) is 4.39 Å². The van der Waals surface area contributed by atoms with Gasteiger partial charge in [-0.1, -0.05) is 6.07 Å². The Morgan fingerprint density at radius 1 is 1.32 bits per heavy atom. The zero-order chi connectivity index (χ0) is 13.4. The molecule has 2 aliphatic carbocycles. The number of nitrogen functional groups attached to an aromatic ring is 1. The maximum Gasteiger partial charge on any atom is 0.253 e. The van der Waals surface area contributed by atoms with E-state index in [2.05, 4.69) is 5.32 Å². The Morgan fingerprint density at radius 2 is 1.95 bits per heavy atom. The molecule has 0 radical (unpaired) electrons. The highest BCUT2D eigenvalue weighted by atomic mass is 19.1. The molecule has 0 heterocycles. The van der Waals surface area contributed by atoms with Crippen LogP contribution in [0.1, 0.15) is 36.0 Å². The number of rotatable bonds is 5. The normalized spacial score (nSPS) is 18.6. The second kappa shape index (κ2) is 4.83. The van der Waals surface area contributed by atoms with Crippen LogP contribution in [0.5, 0.6) is 0 Å². The molecule has 1 aromatic carbocycles. The first-order valence-corrected chi connectivity index (χ1v) is 6.99. The SMILES string of the molecule is Nc1c(F)cccc1C(=O)NCC(C1CC1)C1CC1. The first-order valence-electron chi connectivity index (χ1n) is 6.99. The minimum atomic E-state index is -0.534. The van der Waals surface area contributed by atoms with E-state index < -0.39 is 5.82 Å². The second-order valence-electron chi connectivity index (χ2n) is 5.75. The van der Waals surface area contributed by atoms with Crippen molar-refractivity contribution in [2.45, 2.75) is 25.7 Å². The summed E-state index contributed by atoms with van der Waals surface area (Å²) in [4.78, 5) is 12.1. The van der Waals surface area contributed by atoms with E-state index in [0.29, 0.717) is 12.5 Å². The molecule has 2 saturated carbocycles. The third-order valence-corrected chi connectivity index (χ3v) is 4.25. The number of halogens is 1.